The van der Waals surface area contributed by atoms with Crippen LogP contribution in [0.2, 0.25) is 0 Å². The van der Waals surface area contributed by atoms with Crippen LogP contribution in [0.1, 0.15) is 52.5 Å². The molecule has 1 saturated heterocycles. The number of anilines is 1. The summed E-state index contributed by atoms with van der Waals surface area (Å²) in [6.07, 6.45) is 4.80. The van der Waals surface area contributed by atoms with E-state index < -0.39 is 0 Å². The van der Waals surface area contributed by atoms with Crippen molar-refractivity contribution in [1.29, 1.82) is 0 Å². The van der Waals surface area contributed by atoms with Crippen molar-refractivity contribution in [2.75, 3.05) is 11.9 Å². The van der Waals surface area contributed by atoms with Crippen LogP contribution < -0.4 is 10.9 Å². The molecule has 6 nitrogen and oxygen atoms in total. The third-order valence-electron chi connectivity index (χ3n) is 5.15. The summed E-state index contributed by atoms with van der Waals surface area (Å²) >= 11 is 0. The van der Waals surface area contributed by atoms with E-state index in [4.69, 9.17) is 0 Å². The van der Waals surface area contributed by atoms with Gasteiger partial charge in [0.25, 0.3) is 17.4 Å². The summed E-state index contributed by atoms with van der Waals surface area (Å²) in [5.41, 5.74) is 2.13. The standard InChI is InChI=1S/C21H25N3O3/c1-14-12-17(21(27)24-10-5-4-6-15(24)2)7-8-18(14)22-20(26)16-9-11-23(3)19(25)13-16/h7-9,11-13,15H,4-6,10H2,1-3H3,(H,22,26). The van der Waals surface area contributed by atoms with Gasteiger partial charge < -0.3 is 14.8 Å². The summed E-state index contributed by atoms with van der Waals surface area (Å²) in [6.45, 7) is 4.74. The van der Waals surface area contributed by atoms with Crippen molar-refractivity contribution in [3.05, 3.63) is 63.6 Å². The van der Waals surface area contributed by atoms with Gasteiger partial charge in [-0.2, -0.15) is 0 Å². The Balaban J connectivity index is 1.76. The molecule has 27 heavy (non-hydrogen) atoms. The lowest BCUT2D eigenvalue weighted by atomic mass is 10.0. The molecule has 2 heterocycles. The third kappa shape index (κ3) is 4.10. The van der Waals surface area contributed by atoms with Gasteiger partial charge >= 0.3 is 0 Å². The summed E-state index contributed by atoms with van der Waals surface area (Å²) in [6, 6.07) is 8.46. The van der Waals surface area contributed by atoms with Gasteiger partial charge in [-0.15, -0.1) is 0 Å². The Labute approximate surface area is 158 Å². The minimum absolute atomic E-state index is 0.0368. The number of hydrogen-bond acceptors (Lipinski definition) is 3. The highest BCUT2D eigenvalue weighted by atomic mass is 16.2. The summed E-state index contributed by atoms with van der Waals surface area (Å²) < 4.78 is 1.41. The highest BCUT2D eigenvalue weighted by Crippen LogP contribution is 2.22. The van der Waals surface area contributed by atoms with Crippen LogP contribution in [-0.4, -0.2) is 33.9 Å². The quantitative estimate of drug-likeness (QED) is 0.907. The molecular formula is C21H25N3O3. The molecule has 2 aromatic rings. The average molecular weight is 367 g/mol. The van der Waals surface area contributed by atoms with Gasteiger partial charge in [0.1, 0.15) is 0 Å². The second kappa shape index (κ2) is 7.78. The first-order valence-corrected chi connectivity index (χ1v) is 9.26. The molecule has 1 aromatic heterocycles. The van der Waals surface area contributed by atoms with Gasteiger partial charge in [-0.3, -0.25) is 14.4 Å². The van der Waals surface area contributed by atoms with Crippen molar-refractivity contribution in [3.8, 4) is 0 Å². The number of nitrogens with one attached hydrogen (secondary N) is 1. The van der Waals surface area contributed by atoms with Gasteiger partial charge in [0.2, 0.25) is 0 Å². The molecule has 142 valence electrons. The highest BCUT2D eigenvalue weighted by Gasteiger charge is 2.24. The van der Waals surface area contributed by atoms with Crippen LogP contribution in [0.5, 0.6) is 0 Å². The van der Waals surface area contributed by atoms with E-state index in [-0.39, 0.29) is 23.4 Å². The second-order valence-electron chi connectivity index (χ2n) is 7.19. The van der Waals surface area contributed by atoms with Crippen LogP contribution in [0.15, 0.2) is 41.3 Å². The van der Waals surface area contributed by atoms with E-state index in [1.54, 1.807) is 31.4 Å². The Morgan fingerprint density at radius 2 is 1.89 bits per heavy atom. The highest BCUT2D eigenvalue weighted by molar-refractivity contribution is 6.05. The average Bonchev–Trinajstić information content (AvgIpc) is 2.65. The molecule has 2 amide bonds. The fraction of sp³-hybridized carbons (Fsp3) is 0.381. The number of carbonyl (C=O) groups is 2. The number of hydrogen-bond donors (Lipinski definition) is 1. The van der Waals surface area contributed by atoms with E-state index in [9.17, 15) is 14.4 Å². The topological polar surface area (TPSA) is 71.4 Å². The first kappa shape index (κ1) is 18.9. The maximum absolute atomic E-state index is 12.8. The summed E-state index contributed by atoms with van der Waals surface area (Å²) in [4.78, 5) is 38.8. The van der Waals surface area contributed by atoms with Crippen LogP contribution in [0.4, 0.5) is 5.69 Å². The van der Waals surface area contributed by atoms with E-state index in [0.29, 0.717) is 16.8 Å². The van der Waals surface area contributed by atoms with E-state index in [1.807, 2.05) is 17.9 Å². The SMILES string of the molecule is Cc1cc(C(=O)N2CCCCC2C)ccc1NC(=O)c1ccn(C)c(=O)c1. The normalized spacial score (nSPS) is 16.9. The smallest absolute Gasteiger partial charge is 0.255 e. The number of aryl methyl sites for hydroxylation is 2. The fourth-order valence-corrected chi connectivity index (χ4v) is 3.39. The molecule has 1 aliphatic heterocycles. The van der Waals surface area contributed by atoms with Crippen molar-refractivity contribution < 1.29 is 9.59 Å². The van der Waals surface area contributed by atoms with Gasteiger partial charge in [0.15, 0.2) is 0 Å². The van der Waals surface area contributed by atoms with Crippen LogP contribution in [-0.2, 0) is 7.05 Å². The maximum atomic E-state index is 12.8. The van der Waals surface area contributed by atoms with E-state index in [2.05, 4.69) is 12.2 Å². The molecule has 1 atom stereocenters. The van der Waals surface area contributed by atoms with Crippen molar-refractivity contribution in [2.24, 2.45) is 7.05 Å². The van der Waals surface area contributed by atoms with E-state index in [0.717, 1.165) is 31.4 Å². The molecule has 0 bridgehead atoms. The molecule has 0 saturated carbocycles. The summed E-state index contributed by atoms with van der Waals surface area (Å²) in [5.74, 6) is -0.311. The van der Waals surface area contributed by atoms with Crippen molar-refractivity contribution in [3.63, 3.8) is 0 Å². The minimum atomic E-state index is -0.348. The first-order chi connectivity index (χ1) is 12.9. The van der Waals surface area contributed by atoms with Crippen LogP contribution in [0, 0.1) is 6.92 Å². The molecular weight excluding hydrogens is 342 g/mol. The molecule has 1 unspecified atom stereocenters. The number of piperidine rings is 1. The zero-order valence-electron chi connectivity index (χ0n) is 16.0. The Hall–Kier alpha value is -2.89. The number of rotatable bonds is 3. The molecule has 1 aromatic carbocycles. The summed E-state index contributed by atoms with van der Waals surface area (Å²) in [5, 5.41) is 2.82. The lowest BCUT2D eigenvalue weighted by molar-refractivity contribution is 0.0635. The Kier molecular flexibility index (Phi) is 5.44. The van der Waals surface area contributed by atoms with Gasteiger partial charge in [-0.25, -0.2) is 0 Å². The first-order valence-electron chi connectivity index (χ1n) is 9.26. The molecule has 0 radical (unpaired) electrons. The number of likely N-dealkylation sites (tertiary alicyclic amines) is 1. The van der Waals surface area contributed by atoms with Crippen molar-refractivity contribution in [1.82, 2.24) is 9.47 Å². The predicted molar refractivity (Wildman–Crippen MR) is 105 cm³/mol. The number of benzene rings is 1. The minimum Gasteiger partial charge on any atom is -0.336 e. The molecule has 1 N–H and O–H groups in total. The largest absolute Gasteiger partial charge is 0.336 e. The van der Waals surface area contributed by atoms with Gasteiger partial charge in [-0.05, 0) is 62.9 Å². The lowest BCUT2D eigenvalue weighted by Crippen LogP contribution is -2.42. The van der Waals surface area contributed by atoms with Gasteiger partial charge in [0, 0.05) is 48.7 Å². The van der Waals surface area contributed by atoms with Crippen molar-refractivity contribution >= 4 is 17.5 Å². The molecule has 1 fully saturated rings. The molecule has 1 aliphatic rings. The third-order valence-corrected chi connectivity index (χ3v) is 5.15. The fourth-order valence-electron chi connectivity index (χ4n) is 3.39. The molecule has 3 rings (SSSR count). The van der Waals surface area contributed by atoms with E-state index in [1.165, 1.54) is 10.6 Å². The summed E-state index contributed by atoms with van der Waals surface area (Å²) in [7, 11) is 1.63. The number of nitrogens with zero attached hydrogens (tertiary/aromatic N) is 2. The zero-order chi connectivity index (χ0) is 19.6. The van der Waals surface area contributed by atoms with E-state index >= 15 is 0 Å². The van der Waals surface area contributed by atoms with Crippen molar-refractivity contribution in [2.45, 2.75) is 39.2 Å². The van der Waals surface area contributed by atoms with Crippen LogP contribution in [0.3, 0.4) is 0 Å². The zero-order valence-corrected chi connectivity index (χ0v) is 16.0. The van der Waals surface area contributed by atoms with Crippen LogP contribution >= 0.6 is 0 Å². The number of pyridine rings is 1. The number of aromatic nitrogens is 1. The predicted octanol–water partition coefficient (Wildman–Crippen LogP) is 2.96. The van der Waals surface area contributed by atoms with Crippen LogP contribution in [0.25, 0.3) is 0 Å². The monoisotopic (exact) mass is 367 g/mol. The molecule has 6 heteroatoms. The Morgan fingerprint density at radius 3 is 2.56 bits per heavy atom. The Bertz CT molecular complexity index is 933. The Morgan fingerprint density at radius 1 is 1.11 bits per heavy atom. The molecule has 0 aliphatic carbocycles. The second-order valence-corrected chi connectivity index (χ2v) is 7.19. The maximum Gasteiger partial charge on any atom is 0.255 e. The number of amides is 2. The number of carbonyl (C=O) groups excluding carboxylic acids is 2. The molecule has 0 spiro atoms. The lowest BCUT2D eigenvalue weighted by Gasteiger charge is -2.33. The van der Waals surface area contributed by atoms with Gasteiger partial charge in [0.05, 0.1) is 0 Å². The van der Waals surface area contributed by atoms with Gasteiger partial charge in [-0.1, -0.05) is 0 Å².